The quantitative estimate of drug-likeness (QED) is 0.849. The highest BCUT2D eigenvalue weighted by atomic mass is 16.5. The van der Waals surface area contributed by atoms with E-state index in [0.717, 1.165) is 5.56 Å². The normalized spacial score (nSPS) is 11.3. The number of hydrogen-bond donors (Lipinski definition) is 2. The van der Waals surface area contributed by atoms with Crippen LogP contribution in [0.1, 0.15) is 26.3 Å². The molecule has 0 aliphatic rings. The zero-order chi connectivity index (χ0) is 14.0. The van der Waals surface area contributed by atoms with Gasteiger partial charge in [0.05, 0.1) is 0 Å². The third-order valence-corrected chi connectivity index (χ3v) is 2.86. The van der Waals surface area contributed by atoms with Crippen LogP contribution in [-0.4, -0.2) is 10.2 Å². The Morgan fingerprint density at radius 2 is 1.53 bits per heavy atom. The molecule has 3 nitrogen and oxygen atoms in total. The molecule has 0 aromatic heterocycles. The van der Waals surface area contributed by atoms with Crippen molar-refractivity contribution < 1.29 is 14.9 Å². The van der Waals surface area contributed by atoms with E-state index < -0.39 is 0 Å². The fraction of sp³-hybridized carbons (Fsp3) is 0.250. The topological polar surface area (TPSA) is 49.7 Å². The van der Waals surface area contributed by atoms with Crippen molar-refractivity contribution in [1.29, 1.82) is 0 Å². The van der Waals surface area contributed by atoms with Gasteiger partial charge in [0.25, 0.3) is 0 Å². The van der Waals surface area contributed by atoms with E-state index in [-0.39, 0.29) is 16.9 Å². The van der Waals surface area contributed by atoms with E-state index in [4.69, 9.17) is 4.74 Å². The molecule has 2 N–H and O–H groups in total. The minimum atomic E-state index is -0.230. The molecule has 0 aliphatic carbocycles. The molecule has 2 aromatic carbocycles. The van der Waals surface area contributed by atoms with Crippen molar-refractivity contribution in [3.05, 3.63) is 48.0 Å². The predicted molar refractivity (Wildman–Crippen MR) is 75.0 cm³/mol. The van der Waals surface area contributed by atoms with Crippen molar-refractivity contribution in [2.75, 3.05) is 0 Å². The highest BCUT2D eigenvalue weighted by Gasteiger charge is 2.21. The molecule has 0 spiro atoms. The third kappa shape index (κ3) is 2.99. The van der Waals surface area contributed by atoms with E-state index in [1.165, 1.54) is 6.07 Å². The second kappa shape index (κ2) is 4.84. The van der Waals surface area contributed by atoms with Gasteiger partial charge in [0.15, 0.2) is 11.5 Å². The number of ether oxygens (including phenoxy) is 1. The Balaban J connectivity index is 2.41. The van der Waals surface area contributed by atoms with Crippen molar-refractivity contribution in [3.63, 3.8) is 0 Å². The lowest BCUT2D eigenvalue weighted by molar-refractivity contribution is 0.395. The molecule has 0 saturated carbocycles. The summed E-state index contributed by atoms with van der Waals surface area (Å²) < 4.78 is 5.64. The molecule has 3 heteroatoms. The van der Waals surface area contributed by atoms with Crippen LogP contribution in [0.3, 0.4) is 0 Å². The van der Waals surface area contributed by atoms with Gasteiger partial charge in [-0.05, 0) is 23.6 Å². The lowest BCUT2D eigenvalue weighted by Gasteiger charge is -2.21. The van der Waals surface area contributed by atoms with Gasteiger partial charge < -0.3 is 14.9 Å². The first-order valence-electron chi connectivity index (χ1n) is 6.17. The molecule has 0 saturated heterocycles. The van der Waals surface area contributed by atoms with Crippen molar-refractivity contribution in [2.45, 2.75) is 26.2 Å². The summed E-state index contributed by atoms with van der Waals surface area (Å²) in [5.41, 5.74) is 0.503. The van der Waals surface area contributed by atoms with Crippen molar-refractivity contribution in [1.82, 2.24) is 0 Å². The zero-order valence-electron chi connectivity index (χ0n) is 11.3. The van der Waals surface area contributed by atoms with Crippen LogP contribution in [0.15, 0.2) is 42.5 Å². The summed E-state index contributed by atoms with van der Waals surface area (Å²) in [6, 6.07) is 12.2. The summed E-state index contributed by atoms with van der Waals surface area (Å²) in [6.07, 6.45) is 0. The maximum absolute atomic E-state index is 9.90. The lowest BCUT2D eigenvalue weighted by atomic mass is 9.86. The van der Waals surface area contributed by atoms with Gasteiger partial charge in [-0.2, -0.15) is 0 Å². The first kappa shape index (κ1) is 13.3. The predicted octanol–water partition coefficient (Wildman–Crippen LogP) is 4.19. The van der Waals surface area contributed by atoms with Crippen molar-refractivity contribution >= 4 is 0 Å². The smallest absolute Gasteiger partial charge is 0.169 e. The average Bonchev–Trinajstić information content (AvgIpc) is 2.32. The van der Waals surface area contributed by atoms with Gasteiger partial charge in [0.2, 0.25) is 0 Å². The summed E-state index contributed by atoms with van der Waals surface area (Å²) in [7, 11) is 0. The van der Waals surface area contributed by atoms with Crippen molar-refractivity contribution in [2.24, 2.45) is 0 Å². The van der Waals surface area contributed by atoms with E-state index in [1.54, 1.807) is 6.07 Å². The maximum atomic E-state index is 9.90. The molecule has 2 aromatic rings. The van der Waals surface area contributed by atoms with Crippen LogP contribution in [0.25, 0.3) is 0 Å². The molecule has 0 aliphatic heterocycles. The Hall–Kier alpha value is -2.16. The first-order chi connectivity index (χ1) is 8.88. The highest BCUT2D eigenvalue weighted by molar-refractivity contribution is 5.52. The Morgan fingerprint density at radius 3 is 2.11 bits per heavy atom. The van der Waals surface area contributed by atoms with Gasteiger partial charge in [-0.15, -0.1) is 0 Å². The van der Waals surface area contributed by atoms with E-state index in [2.05, 4.69) is 0 Å². The van der Waals surface area contributed by atoms with Crippen LogP contribution in [0.5, 0.6) is 23.0 Å². The number of para-hydroxylation sites is 1. The van der Waals surface area contributed by atoms with Gasteiger partial charge >= 0.3 is 0 Å². The molecule has 0 unspecified atom stereocenters. The number of aromatic hydroxyl groups is 2. The summed E-state index contributed by atoms with van der Waals surface area (Å²) in [4.78, 5) is 0. The molecular weight excluding hydrogens is 240 g/mol. The van der Waals surface area contributed by atoms with Gasteiger partial charge in [-0.25, -0.2) is 0 Å². The molecule has 0 bridgehead atoms. The molecule has 0 fully saturated rings. The van der Waals surface area contributed by atoms with Crippen LogP contribution >= 0.6 is 0 Å². The van der Waals surface area contributed by atoms with Crippen molar-refractivity contribution in [3.8, 4) is 23.0 Å². The molecular formula is C16H18O3. The Labute approximate surface area is 113 Å². The van der Waals surface area contributed by atoms with Crippen LogP contribution in [-0.2, 0) is 5.41 Å². The molecule has 100 valence electrons. The summed E-state index contributed by atoms with van der Waals surface area (Å²) in [6.45, 7) is 5.97. The molecule has 19 heavy (non-hydrogen) atoms. The van der Waals surface area contributed by atoms with E-state index in [1.807, 2.05) is 51.1 Å². The zero-order valence-corrected chi connectivity index (χ0v) is 11.3. The van der Waals surface area contributed by atoms with Crippen LogP contribution < -0.4 is 4.74 Å². The fourth-order valence-electron chi connectivity index (χ4n) is 1.86. The van der Waals surface area contributed by atoms with Gasteiger partial charge in [0, 0.05) is 11.6 Å². The number of hydrogen-bond acceptors (Lipinski definition) is 3. The largest absolute Gasteiger partial charge is 0.508 e. The molecule has 2 rings (SSSR count). The van der Waals surface area contributed by atoms with Crippen LogP contribution in [0.4, 0.5) is 0 Å². The fourth-order valence-corrected chi connectivity index (χ4v) is 1.86. The SMILES string of the molecule is CC(C)(C)c1cc(Oc2ccccc2)c(O)cc1O. The Kier molecular flexibility index (Phi) is 3.38. The Bertz CT molecular complexity index is 569. The molecule has 0 heterocycles. The monoisotopic (exact) mass is 258 g/mol. The maximum Gasteiger partial charge on any atom is 0.169 e. The second-order valence-electron chi connectivity index (χ2n) is 5.50. The number of rotatable bonds is 2. The second-order valence-corrected chi connectivity index (χ2v) is 5.50. The van der Waals surface area contributed by atoms with E-state index >= 15 is 0 Å². The summed E-state index contributed by atoms with van der Waals surface area (Å²) in [5.74, 6) is 0.983. The van der Waals surface area contributed by atoms with Crippen LogP contribution in [0.2, 0.25) is 0 Å². The molecule has 0 radical (unpaired) electrons. The third-order valence-electron chi connectivity index (χ3n) is 2.86. The van der Waals surface area contributed by atoms with E-state index in [9.17, 15) is 10.2 Å². The standard InChI is InChI=1S/C16H18O3/c1-16(2,3)12-9-15(14(18)10-13(12)17)19-11-7-5-4-6-8-11/h4-10,17-18H,1-3H3. The summed E-state index contributed by atoms with van der Waals surface area (Å²) in [5, 5.41) is 19.8. The van der Waals surface area contributed by atoms with E-state index in [0.29, 0.717) is 11.5 Å². The number of benzene rings is 2. The minimum absolute atomic E-state index is 0.0745. The first-order valence-corrected chi connectivity index (χ1v) is 6.17. The molecule has 0 atom stereocenters. The Morgan fingerprint density at radius 1 is 0.895 bits per heavy atom. The summed E-state index contributed by atoms with van der Waals surface area (Å²) >= 11 is 0. The van der Waals surface area contributed by atoms with Crippen LogP contribution in [0, 0.1) is 0 Å². The number of phenolic OH excluding ortho intramolecular Hbond substituents is 2. The average molecular weight is 258 g/mol. The molecule has 0 amide bonds. The minimum Gasteiger partial charge on any atom is -0.508 e. The van der Waals surface area contributed by atoms with Gasteiger partial charge in [-0.3, -0.25) is 0 Å². The number of phenols is 2. The highest BCUT2D eigenvalue weighted by Crippen LogP contribution is 2.40. The lowest BCUT2D eigenvalue weighted by Crippen LogP contribution is -2.11. The van der Waals surface area contributed by atoms with Gasteiger partial charge in [0.1, 0.15) is 11.5 Å². The van der Waals surface area contributed by atoms with Gasteiger partial charge in [-0.1, -0.05) is 39.0 Å².